The third kappa shape index (κ3) is 3.47. The number of nitrogens with two attached hydrogens (primary N) is 1. The second kappa shape index (κ2) is 5.89. The standard InChI is InChI=1S/C14H22N2S/c1-11-3-5-12(6-4-11)9-13(15)14-10-17-8-7-16(14)2/h3-6,13-14H,7-10,15H2,1-2H3. The van der Waals surface area contributed by atoms with Crippen LogP contribution >= 0.6 is 11.8 Å². The second-order valence-corrected chi connectivity index (χ2v) is 6.13. The molecule has 2 rings (SSSR count). The quantitative estimate of drug-likeness (QED) is 0.888. The molecule has 2 N–H and O–H groups in total. The number of likely N-dealkylation sites (N-methyl/N-ethyl adjacent to an activating group) is 1. The van der Waals surface area contributed by atoms with Gasteiger partial charge in [0.2, 0.25) is 0 Å². The van der Waals surface area contributed by atoms with Crippen LogP contribution in [0.5, 0.6) is 0 Å². The van der Waals surface area contributed by atoms with Crippen molar-refractivity contribution in [3.63, 3.8) is 0 Å². The SMILES string of the molecule is Cc1ccc(CC(N)C2CSCCN2C)cc1. The lowest BCUT2D eigenvalue weighted by Crippen LogP contribution is -2.51. The number of rotatable bonds is 3. The Morgan fingerprint density at radius 2 is 2.12 bits per heavy atom. The summed E-state index contributed by atoms with van der Waals surface area (Å²) in [6.45, 7) is 3.28. The summed E-state index contributed by atoms with van der Waals surface area (Å²) in [5.41, 5.74) is 9.02. The summed E-state index contributed by atoms with van der Waals surface area (Å²) in [4.78, 5) is 2.41. The van der Waals surface area contributed by atoms with Crippen molar-refractivity contribution in [2.45, 2.75) is 25.4 Å². The Hall–Kier alpha value is -0.510. The average molecular weight is 250 g/mol. The highest BCUT2D eigenvalue weighted by Crippen LogP contribution is 2.18. The van der Waals surface area contributed by atoms with Gasteiger partial charge in [0.25, 0.3) is 0 Å². The molecule has 0 radical (unpaired) electrons. The van der Waals surface area contributed by atoms with Crippen molar-refractivity contribution < 1.29 is 0 Å². The van der Waals surface area contributed by atoms with Crippen molar-refractivity contribution in [2.75, 3.05) is 25.1 Å². The molecule has 1 aromatic rings. The van der Waals surface area contributed by atoms with E-state index in [4.69, 9.17) is 5.73 Å². The molecular formula is C14H22N2S. The molecule has 94 valence electrons. The predicted molar refractivity (Wildman–Crippen MR) is 76.6 cm³/mol. The van der Waals surface area contributed by atoms with E-state index in [9.17, 15) is 0 Å². The van der Waals surface area contributed by atoms with Crippen molar-refractivity contribution in [1.29, 1.82) is 0 Å². The summed E-state index contributed by atoms with van der Waals surface area (Å²) in [6, 6.07) is 9.50. The van der Waals surface area contributed by atoms with E-state index >= 15 is 0 Å². The minimum Gasteiger partial charge on any atom is -0.326 e. The third-order valence-electron chi connectivity index (χ3n) is 3.53. The van der Waals surface area contributed by atoms with Crippen LogP contribution in [0.15, 0.2) is 24.3 Å². The molecule has 0 spiro atoms. The lowest BCUT2D eigenvalue weighted by Gasteiger charge is -2.36. The fraction of sp³-hybridized carbons (Fsp3) is 0.571. The van der Waals surface area contributed by atoms with Gasteiger partial charge in [-0.05, 0) is 26.0 Å². The second-order valence-electron chi connectivity index (χ2n) is 4.98. The van der Waals surface area contributed by atoms with Crippen LogP contribution in [0.2, 0.25) is 0 Å². The van der Waals surface area contributed by atoms with Crippen molar-refractivity contribution in [1.82, 2.24) is 4.90 Å². The van der Waals surface area contributed by atoms with Gasteiger partial charge in [-0.15, -0.1) is 0 Å². The molecule has 1 aliphatic rings. The largest absolute Gasteiger partial charge is 0.326 e. The van der Waals surface area contributed by atoms with Crippen LogP contribution in [0, 0.1) is 6.92 Å². The minimum atomic E-state index is 0.246. The van der Waals surface area contributed by atoms with Gasteiger partial charge in [0.1, 0.15) is 0 Å². The molecule has 1 aliphatic heterocycles. The summed E-state index contributed by atoms with van der Waals surface area (Å²) in [7, 11) is 2.19. The van der Waals surface area contributed by atoms with Crippen molar-refractivity contribution >= 4 is 11.8 Å². The lowest BCUT2D eigenvalue weighted by atomic mass is 9.99. The van der Waals surface area contributed by atoms with Crippen LogP contribution in [0.1, 0.15) is 11.1 Å². The molecule has 2 atom stereocenters. The molecule has 1 saturated heterocycles. The predicted octanol–water partition coefficient (Wildman–Crippen LogP) is 1.91. The highest BCUT2D eigenvalue weighted by molar-refractivity contribution is 7.99. The maximum atomic E-state index is 6.35. The van der Waals surface area contributed by atoms with Crippen molar-refractivity contribution in [2.24, 2.45) is 5.73 Å². The number of thioether (sulfide) groups is 1. The van der Waals surface area contributed by atoms with E-state index in [1.807, 2.05) is 11.8 Å². The normalized spacial score (nSPS) is 23.6. The molecule has 1 fully saturated rings. The molecule has 0 bridgehead atoms. The summed E-state index contributed by atoms with van der Waals surface area (Å²) in [5.74, 6) is 2.41. The molecule has 2 unspecified atom stereocenters. The first-order valence-electron chi connectivity index (χ1n) is 6.26. The maximum absolute atomic E-state index is 6.35. The van der Waals surface area contributed by atoms with E-state index in [1.54, 1.807) is 0 Å². The first-order valence-corrected chi connectivity index (χ1v) is 7.41. The van der Waals surface area contributed by atoms with Gasteiger partial charge in [0.15, 0.2) is 0 Å². The summed E-state index contributed by atoms with van der Waals surface area (Å²) < 4.78 is 0. The highest BCUT2D eigenvalue weighted by atomic mass is 32.2. The molecule has 17 heavy (non-hydrogen) atoms. The van der Waals surface area contributed by atoms with Crippen LogP contribution in [-0.4, -0.2) is 42.1 Å². The van der Waals surface area contributed by atoms with E-state index in [0.29, 0.717) is 6.04 Å². The van der Waals surface area contributed by atoms with Gasteiger partial charge in [-0.3, -0.25) is 0 Å². The molecule has 0 saturated carbocycles. The Labute approximate surface area is 109 Å². The van der Waals surface area contributed by atoms with Crippen LogP contribution < -0.4 is 5.73 Å². The van der Waals surface area contributed by atoms with Crippen LogP contribution in [0.25, 0.3) is 0 Å². The zero-order valence-corrected chi connectivity index (χ0v) is 11.5. The van der Waals surface area contributed by atoms with E-state index in [1.165, 1.54) is 22.6 Å². The lowest BCUT2D eigenvalue weighted by molar-refractivity contribution is 0.235. The van der Waals surface area contributed by atoms with Gasteiger partial charge in [-0.1, -0.05) is 29.8 Å². The van der Waals surface area contributed by atoms with Crippen molar-refractivity contribution in [3.05, 3.63) is 35.4 Å². The van der Waals surface area contributed by atoms with Crippen LogP contribution in [0.3, 0.4) is 0 Å². The molecule has 0 aliphatic carbocycles. The molecule has 3 heteroatoms. The minimum absolute atomic E-state index is 0.246. The van der Waals surface area contributed by atoms with Crippen LogP contribution in [-0.2, 0) is 6.42 Å². The zero-order chi connectivity index (χ0) is 12.3. The third-order valence-corrected chi connectivity index (χ3v) is 4.58. The Morgan fingerprint density at radius 1 is 1.41 bits per heavy atom. The first kappa shape index (κ1) is 12.9. The monoisotopic (exact) mass is 250 g/mol. The van der Waals surface area contributed by atoms with Gasteiger partial charge in [0.05, 0.1) is 0 Å². The topological polar surface area (TPSA) is 29.3 Å². The molecular weight excluding hydrogens is 228 g/mol. The van der Waals surface area contributed by atoms with Gasteiger partial charge in [-0.25, -0.2) is 0 Å². The summed E-state index contributed by atoms with van der Waals surface area (Å²) in [5, 5.41) is 0. The molecule has 1 heterocycles. The van der Waals surface area contributed by atoms with E-state index in [2.05, 4.69) is 43.1 Å². The number of nitrogens with zero attached hydrogens (tertiary/aromatic N) is 1. The van der Waals surface area contributed by atoms with Crippen molar-refractivity contribution in [3.8, 4) is 0 Å². The Balaban J connectivity index is 1.95. The van der Waals surface area contributed by atoms with Gasteiger partial charge >= 0.3 is 0 Å². The smallest absolute Gasteiger partial charge is 0.0338 e. The number of hydrogen-bond donors (Lipinski definition) is 1. The molecule has 1 aromatic carbocycles. The molecule has 2 nitrogen and oxygen atoms in total. The maximum Gasteiger partial charge on any atom is 0.0338 e. The van der Waals surface area contributed by atoms with Gasteiger partial charge in [0, 0.05) is 30.1 Å². The van der Waals surface area contributed by atoms with Crippen LogP contribution in [0.4, 0.5) is 0 Å². The summed E-state index contributed by atoms with van der Waals surface area (Å²) in [6.07, 6.45) is 0.982. The average Bonchev–Trinajstić information content (AvgIpc) is 2.32. The van der Waals surface area contributed by atoms with E-state index < -0.39 is 0 Å². The fourth-order valence-corrected chi connectivity index (χ4v) is 3.62. The highest BCUT2D eigenvalue weighted by Gasteiger charge is 2.25. The number of aryl methyl sites for hydroxylation is 1. The summed E-state index contributed by atoms with van der Waals surface area (Å²) >= 11 is 2.03. The number of benzene rings is 1. The Bertz CT molecular complexity index is 350. The van der Waals surface area contributed by atoms with Gasteiger partial charge in [-0.2, -0.15) is 11.8 Å². The number of hydrogen-bond acceptors (Lipinski definition) is 3. The van der Waals surface area contributed by atoms with E-state index in [0.717, 1.165) is 13.0 Å². The first-order chi connectivity index (χ1) is 8.16. The zero-order valence-electron chi connectivity index (χ0n) is 10.7. The fourth-order valence-electron chi connectivity index (χ4n) is 2.29. The Morgan fingerprint density at radius 3 is 2.76 bits per heavy atom. The van der Waals surface area contributed by atoms with Gasteiger partial charge < -0.3 is 10.6 Å². The molecule has 0 amide bonds. The Kier molecular flexibility index (Phi) is 4.48. The molecule has 0 aromatic heterocycles. The van der Waals surface area contributed by atoms with E-state index in [-0.39, 0.29) is 6.04 Å².